The molecular weight excluding hydrogens is 214 g/mol. The summed E-state index contributed by atoms with van der Waals surface area (Å²) in [5, 5.41) is 12.2. The van der Waals surface area contributed by atoms with Gasteiger partial charge >= 0.3 is 0 Å². The number of Topliss-reactive ketones (excluding diaryl/α,β-unsaturated/α-hetero) is 1. The molecule has 0 amide bonds. The minimum Gasteiger partial charge on any atom is -0.410 e. The van der Waals surface area contributed by atoms with Crippen molar-refractivity contribution in [1.29, 1.82) is 0 Å². The van der Waals surface area contributed by atoms with Gasteiger partial charge in [-0.25, -0.2) is 0 Å². The normalized spacial score (nSPS) is 17.8. The zero-order valence-corrected chi connectivity index (χ0v) is 11.5. The van der Waals surface area contributed by atoms with E-state index in [9.17, 15) is 4.79 Å². The van der Waals surface area contributed by atoms with Gasteiger partial charge in [0.1, 0.15) is 5.71 Å². The molecule has 94 valence electrons. The summed E-state index contributed by atoms with van der Waals surface area (Å²) in [6.07, 6.45) is 3.33. The van der Waals surface area contributed by atoms with Crippen molar-refractivity contribution in [3.8, 4) is 0 Å². The number of hydrogen-bond donors (Lipinski definition) is 1. The first kappa shape index (κ1) is 13.7. The third-order valence-corrected chi connectivity index (χ3v) is 2.81. The molecule has 1 aliphatic rings. The van der Waals surface area contributed by atoms with Crippen LogP contribution >= 0.6 is 0 Å². The molecule has 3 heteroatoms. The molecule has 0 aliphatic heterocycles. The van der Waals surface area contributed by atoms with E-state index in [1.807, 2.05) is 41.5 Å². The molecule has 1 rings (SSSR count). The fourth-order valence-corrected chi connectivity index (χ4v) is 1.79. The third-order valence-electron chi connectivity index (χ3n) is 2.81. The van der Waals surface area contributed by atoms with E-state index in [2.05, 4.69) is 5.16 Å². The van der Waals surface area contributed by atoms with Crippen LogP contribution < -0.4 is 0 Å². The van der Waals surface area contributed by atoms with Crippen LogP contribution in [0.3, 0.4) is 0 Å². The van der Waals surface area contributed by atoms with E-state index in [-0.39, 0.29) is 16.6 Å². The molecule has 3 nitrogen and oxygen atoms in total. The van der Waals surface area contributed by atoms with E-state index in [1.165, 1.54) is 0 Å². The van der Waals surface area contributed by atoms with E-state index in [0.717, 1.165) is 0 Å². The molecule has 0 aromatic carbocycles. The van der Waals surface area contributed by atoms with E-state index in [4.69, 9.17) is 5.21 Å². The van der Waals surface area contributed by atoms with Gasteiger partial charge in [0.2, 0.25) is 0 Å². The molecule has 0 saturated carbocycles. The van der Waals surface area contributed by atoms with Gasteiger partial charge < -0.3 is 5.21 Å². The summed E-state index contributed by atoms with van der Waals surface area (Å²) < 4.78 is 0. The molecule has 0 unspecified atom stereocenters. The molecule has 1 N–H and O–H groups in total. The van der Waals surface area contributed by atoms with Crippen LogP contribution in [0, 0.1) is 10.8 Å². The molecule has 0 fully saturated rings. The number of nitrogens with zero attached hydrogens (tertiary/aromatic N) is 1. The topological polar surface area (TPSA) is 49.7 Å². The highest BCUT2D eigenvalue weighted by molar-refractivity contribution is 6.22. The number of carbonyl (C=O) groups excluding carboxylic acids is 1. The van der Waals surface area contributed by atoms with Crippen molar-refractivity contribution < 1.29 is 10.0 Å². The third kappa shape index (κ3) is 2.84. The van der Waals surface area contributed by atoms with Gasteiger partial charge in [-0.3, -0.25) is 4.79 Å². The second-order valence-electron chi connectivity index (χ2n) is 6.47. The second kappa shape index (κ2) is 4.13. The summed E-state index contributed by atoms with van der Waals surface area (Å²) in [7, 11) is 0. The minimum atomic E-state index is -0.252. The second-order valence-corrected chi connectivity index (χ2v) is 6.47. The van der Waals surface area contributed by atoms with Crippen molar-refractivity contribution in [2.24, 2.45) is 16.0 Å². The maximum Gasteiger partial charge on any atom is 0.186 e. The summed E-state index contributed by atoms with van der Waals surface area (Å²) in [5.74, 6) is 0.0531. The van der Waals surface area contributed by atoms with Gasteiger partial charge in [-0.05, 0) is 23.0 Å². The monoisotopic (exact) mass is 235 g/mol. The van der Waals surface area contributed by atoms with E-state index >= 15 is 0 Å². The van der Waals surface area contributed by atoms with Gasteiger partial charge in [0.25, 0.3) is 0 Å². The average molecular weight is 235 g/mol. The van der Waals surface area contributed by atoms with Crippen molar-refractivity contribution >= 4 is 11.5 Å². The first-order valence-corrected chi connectivity index (χ1v) is 5.78. The van der Waals surface area contributed by atoms with E-state index < -0.39 is 0 Å². The lowest BCUT2D eigenvalue weighted by atomic mass is 9.72. The van der Waals surface area contributed by atoms with Crippen molar-refractivity contribution in [2.75, 3.05) is 0 Å². The molecule has 0 saturated heterocycles. The highest BCUT2D eigenvalue weighted by Crippen LogP contribution is 2.36. The average Bonchev–Trinajstić information content (AvgIpc) is 2.14. The molecule has 0 aromatic rings. The fourth-order valence-electron chi connectivity index (χ4n) is 1.79. The number of hydrogen-bond acceptors (Lipinski definition) is 3. The van der Waals surface area contributed by atoms with Crippen LogP contribution in [0.5, 0.6) is 0 Å². The Kier molecular flexibility index (Phi) is 3.33. The van der Waals surface area contributed by atoms with Crippen LogP contribution in [0.1, 0.15) is 41.5 Å². The Morgan fingerprint density at radius 1 is 0.941 bits per heavy atom. The minimum absolute atomic E-state index is 0.0531. The van der Waals surface area contributed by atoms with Gasteiger partial charge in [0.15, 0.2) is 5.78 Å². The summed E-state index contributed by atoms with van der Waals surface area (Å²) in [5.41, 5.74) is 1.32. The molecule has 0 heterocycles. The Hall–Kier alpha value is -1.38. The number of oxime groups is 1. The van der Waals surface area contributed by atoms with Gasteiger partial charge in [-0.2, -0.15) is 0 Å². The lowest BCUT2D eigenvalue weighted by molar-refractivity contribution is -0.114. The zero-order valence-electron chi connectivity index (χ0n) is 11.5. The first-order chi connectivity index (χ1) is 7.57. The maximum absolute atomic E-state index is 12.4. The zero-order chi connectivity index (χ0) is 13.4. The summed E-state index contributed by atoms with van der Waals surface area (Å²) in [4.78, 5) is 12.4. The largest absolute Gasteiger partial charge is 0.410 e. The van der Waals surface area contributed by atoms with Gasteiger partial charge in [0.05, 0.1) is 0 Å². The van der Waals surface area contributed by atoms with Gasteiger partial charge in [-0.15, -0.1) is 0 Å². The Morgan fingerprint density at radius 2 is 1.29 bits per heavy atom. The number of rotatable bonds is 0. The number of ketones is 1. The van der Waals surface area contributed by atoms with Crippen LogP contribution in [0.4, 0.5) is 0 Å². The van der Waals surface area contributed by atoms with Crippen LogP contribution in [-0.4, -0.2) is 16.7 Å². The van der Waals surface area contributed by atoms with Crippen LogP contribution in [0.15, 0.2) is 28.5 Å². The Balaban J connectivity index is 3.33. The van der Waals surface area contributed by atoms with Crippen LogP contribution in [-0.2, 0) is 4.79 Å². The molecule has 1 aliphatic carbocycles. The lowest BCUT2D eigenvalue weighted by Gasteiger charge is -2.30. The fraction of sp³-hybridized carbons (Fsp3) is 0.571. The Labute approximate surface area is 103 Å². The number of carbonyl (C=O) groups is 1. The maximum atomic E-state index is 12.4. The van der Waals surface area contributed by atoms with Crippen molar-refractivity contribution in [2.45, 2.75) is 41.5 Å². The predicted molar refractivity (Wildman–Crippen MR) is 69.3 cm³/mol. The standard InChI is InChI=1S/C14H21NO2/c1-13(2,3)10-7-9(15-17)8-11(12(10)16)14(4,5)6/h7-8,17H,1-6H3. The first-order valence-electron chi connectivity index (χ1n) is 5.78. The molecule has 17 heavy (non-hydrogen) atoms. The Morgan fingerprint density at radius 3 is 1.53 bits per heavy atom. The van der Waals surface area contributed by atoms with Gasteiger partial charge in [0, 0.05) is 11.1 Å². The molecule has 0 radical (unpaired) electrons. The van der Waals surface area contributed by atoms with Crippen molar-refractivity contribution in [1.82, 2.24) is 0 Å². The molecule has 0 spiro atoms. The molecule has 0 bridgehead atoms. The Bertz CT molecular complexity index is 390. The predicted octanol–water partition coefficient (Wildman–Crippen LogP) is 3.34. The number of allylic oxidation sites excluding steroid dienone is 4. The summed E-state index contributed by atoms with van der Waals surface area (Å²) in [6, 6.07) is 0. The van der Waals surface area contributed by atoms with Gasteiger partial charge in [-0.1, -0.05) is 46.7 Å². The lowest BCUT2D eigenvalue weighted by Crippen LogP contribution is -2.29. The van der Waals surface area contributed by atoms with E-state index in [1.54, 1.807) is 12.2 Å². The highest BCUT2D eigenvalue weighted by atomic mass is 16.4. The smallest absolute Gasteiger partial charge is 0.186 e. The van der Waals surface area contributed by atoms with Crippen LogP contribution in [0.2, 0.25) is 0 Å². The SMILES string of the molecule is CC(C)(C)C1=CC(=NO)C=C(C(C)(C)C)C1=O. The molecule has 0 aromatic heterocycles. The van der Waals surface area contributed by atoms with Crippen LogP contribution in [0.25, 0.3) is 0 Å². The summed E-state index contributed by atoms with van der Waals surface area (Å²) in [6.45, 7) is 11.9. The molecular formula is C14H21NO2. The highest BCUT2D eigenvalue weighted by Gasteiger charge is 2.34. The summed E-state index contributed by atoms with van der Waals surface area (Å²) >= 11 is 0. The quantitative estimate of drug-likeness (QED) is 0.397. The van der Waals surface area contributed by atoms with Crippen molar-refractivity contribution in [3.05, 3.63) is 23.3 Å². The van der Waals surface area contributed by atoms with E-state index in [0.29, 0.717) is 16.9 Å². The molecule has 0 atom stereocenters. The van der Waals surface area contributed by atoms with Crippen molar-refractivity contribution in [3.63, 3.8) is 0 Å².